The molecule has 0 spiro atoms. The molecule has 0 N–H and O–H groups in total. The lowest BCUT2D eigenvalue weighted by Crippen LogP contribution is -2.26. The van der Waals surface area contributed by atoms with Crippen LogP contribution >= 0.6 is 23.2 Å². The van der Waals surface area contributed by atoms with E-state index in [4.69, 9.17) is 27.7 Å². The molecular weight excluding hydrogens is 311 g/mol. The number of benzene rings is 1. The Morgan fingerprint density at radius 3 is 2.81 bits per heavy atom. The van der Waals surface area contributed by atoms with E-state index in [0.29, 0.717) is 29.4 Å². The summed E-state index contributed by atoms with van der Waals surface area (Å²) in [5.41, 5.74) is 1.62. The van der Waals surface area contributed by atoms with Crippen LogP contribution in [0.3, 0.4) is 0 Å². The van der Waals surface area contributed by atoms with Gasteiger partial charge in [-0.15, -0.1) is 0 Å². The first-order valence-electron chi connectivity index (χ1n) is 6.56. The van der Waals surface area contributed by atoms with Crippen molar-refractivity contribution >= 4 is 29.1 Å². The number of carbonyl (C=O) groups is 1. The van der Waals surface area contributed by atoms with Crippen molar-refractivity contribution in [1.82, 2.24) is 10.1 Å². The summed E-state index contributed by atoms with van der Waals surface area (Å²) in [6.45, 7) is 2.25. The van der Waals surface area contributed by atoms with Crippen LogP contribution in [0.5, 0.6) is 0 Å². The zero-order chi connectivity index (χ0) is 15.4. The molecule has 0 fully saturated rings. The molecule has 112 valence electrons. The zero-order valence-electron chi connectivity index (χ0n) is 11.9. The van der Waals surface area contributed by atoms with Crippen molar-refractivity contribution in [2.45, 2.75) is 26.3 Å². The first-order chi connectivity index (χ1) is 9.97. The van der Waals surface area contributed by atoms with Gasteiger partial charge in [0.15, 0.2) is 0 Å². The minimum atomic E-state index is 0.0201. The Bertz CT molecular complexity index is 640. The van der Waals surface area contributed by atoms with E-state index in [-0.39, 0.29) is 5.91 Å². The van der Waals surface area contributed by atoms with Crippen LogP contribution in [-0.2, 0) is 17.8 Å². The van der Waals surface area contributed by atoms with Crippen molar-refractivity contribution in [2.24, 2.45) is 0 Å². The van der Waals surface area contributed by atoms with Gasteiger partial charge in [-0.2, -0.15) is 0 Å². The van der Waals surface area contributed by atoms with Gasteiger partial charge in [0.25, 0.3) is 0 Å². The minimum absolute atomic E-state index is 0.0201. The molecule has 21 heavy (non-hydrogen) atoms. The predicted octanol–water partition coefficient (Wildman–Crippen LogP) is 3.88. The molecule has 0 aliphatic heterocycles. The van der Waals surface area contributed by atoms with E-state index in [9.17, 15) is 4.79 Å². The van der Waals surface area contributed by atoms with E-state index >= 15 is 0 Å². The Morgan fingerprint density at radius 1 is 1.38 bits per heavy atom. The summed E-state index contributed by atoms with van der Waals surface area (Å²) in [6, 6.07) is 7.25. The van der Waals surface area contributed by atoms with Gasteiger partial charge in [0.05, 0.1) is 16.6 Å². The summed E-state index contributed by atoms with van der Waals surface area (Å²) in [5, 5.41) is 4.90. The van der Waals surface area contributed by atoms with E-state index in [1.165, 1.54) is 0 Å². The molecule has 2 aromatic rings. The van der Waals surface area contributed by atoms with Gasteiger partial charge in [-0.05, 0) is 25.0 Å². The third kappa shape index (κ3) is 4.22. The van der Waals surface area contributed by atoms with Crippen LogP contribution in [0.2, 0.25) is 10.0 Å². The van der Waals surface area contributed by atoms with E-state index in [2.05, 4.69) is 5.16 Å². The van der Waals surface area contributed by atoms with Crippen molar-refractivity contribution in [1.29, 1.82) is 0 Å². The largest absolute Gasteiger partial charge is 0.361 e. The van der Waals surface area contributed by atoms with Crippen LogP contribution < -0.4 is 0 Å². The lowest BCUT2D eigenvalue weighted by Gasteiger charge is -2.15. The van der Waals surface area contributed by atoms with E-state index in [1.807, 2.05) is 25.1 Å². The van der Waals surface area contributed by atoms with Crippen LogP contribution in [0.1, 0.15) is 23.4 Å². The van der Waals surface area contributed by atoms with Crippen LogP contribution in [0, 0.1) is 6.92 Å². The van der Waals surface area contributed by atoms with Gasteiger partial charge in [-0.1, -0.05) is 40.5 Å². The summed E-state index contributed by atoms with van der Waals surface area (Å²) < 4.78 is 4.98. The van der Waals surface area contributed by atoms with E-state index in [0.717, 1.165) is 17.0 Å². The van der Waals surface area contributed by atoms with Gasteiger partial charge in [0.2, 0.25) is 5.91 Å². The number of hydrogen-bond donors (Lipinski definition) is 0. The number of amides is 1. The fourth-order valence-electron chi connectivity index (χ4n) is 2.00. The molecule has 0 aliphatic carbocycles. The first kappa shape index (κ1) is 15.9. The Kier molecular flexibility index (Phi) is 5.26. The maximum Gasteiger partial charge on any atom is 0.222 e. The van der Waals surface area contributed by atoms with E-state index < -0.39 is 0 Å². The molecule has 0 radical (unpaired) electrons. The van der Waals surface area contributed by atoms with Crippen molar-refractivity contribution in [3.8, 4) is 0 Å². The smallest absolute Gasteiger partial charge is 0.222 e. The Labute approximate surface area is 133 Å². The fourth-order valence-corrected chi connectivity index (χ4v) is 2.41. The highest BCUT2D eigenvalue weighted by atomic mass is 35.5. The molecule has 1 aromatic carbocycles. The molecule has 1 amide bonds. The molecule has 1 aromatic heterocycles. The number of rotatable bonds is 5. The lowest BCUT2D eigenvalue weighted by molar-refractivity contribution is -0.130. The molecule has 0 saturated heterocycles. The third-order valence-corrected chi connectivity index (χ3v) is 4.00. The monoisotopic (exact) mass is 326 g/mol. The number of hydrogen-bond acceptors (Lipinski definition) is 3. The zero-order valence-corrected chi connectivity index (χ0v) is 13.4. The second kappa shape index (κ2) is 6.96. The second-order valence-corrected chi connectivity index (χ2v) is 5.68. The van der Waals surface area contributed by atoms with Crippen molar-refractivity contribution < 1.29 is 9.32 Å². The van der Waals surface area contributed by atoms with Crippen LogP contribution in [-0.4, -0.2) is 23.0 Å². The summed E-state index contributed by atoms with van der Waals surface area (Å²) >= 11 is 12.1. The summed E-state index contributed by atoms with van der Waals surface area (Å²) in [6.07, 6.45) is 0.924. The number of carbonyl (C=O) groups excluding carboxylic acids is 1. The highest BCUT2D eigenvalue weighted by Gasteiger charge is 2.13. The minimum Gasteiger partial charge on any atom is -0.361 e. The summed E-state index contributed by atoms with van der Waals surface area (Å²) in [5.74, 6) is 0.753. The Hall–Kier alpha value is -1.52. The van der Waals surface area contributed by atoms with Gasteiger partial charge in [0.1, 0.15) is 11.5 Å². The Balaban J connectivity index is 1.90. The number of halogens is 2. The topological polar surface area (TPSA) is 46.3 Å². The van der Waals surface area contributed by atoms with E-state index in [1.54, 1.807) is 18.0 Å². The fraction of sp³-hybridized carbons (Fsp3) is 0.333. The maximum absolute atomic E-state index is 12.1. The number of aromatic nitrogens is 1. The maximum atomic E-state index is 12.1. The lowest BCUT2D eigenvalue weighted by atomic mass is 10.1. The van der Waals surface area contributed by atoms with Crippen LogP contribution in [0.25, 0.3) is 0 Å². The van der Waals surface area contributed by atoms with Gasteiger partial charge < -0.3 is 9.42 Å². The third-order valence-electron chi connectivity index (χ3n) is 3.14. The highest BCUT2D eigenvalue weighted by Crippen LogP contribution is 2.26. The van der Waals surface area contributed by atoms with Crippen LogP contribution in [0.4, 0.5) is 0 Å². The normalized spacial score (nSPS) is 10.7. The molecule has 2 rings (SSSR count). The van der Waals surface area contributed by atoms with Gasteiger partial charge in [0, 0.05) is 19.5 Å². The second-order valence-electron chi connectivity index (χ2n) is 4.89. The Morgan fingerprint density at radius 2 is 2.14 bits per heavy atom. The number of nitrogens with zero attached hydrogens (tertiary/aromatic N) is 2. The van der Waals surface area contributed by atoms with Gasteiger partial charge in [-0.3, -0.25) is 4.79 Å². The summed E-state index contributed by atoms with van der Waals surface area (Å²) in [7, 11) is 1.74. The van der Waals surface area contributed by atoms with Gasteiger partial charge in [-0.25, -0.2) is 0 Å². The SMILES string of the molecule is Cc1cc(CN(C)C(=O)CCc2cccc(Cl)c2Cl)no1. The van der Waals surface area contributed by atoms with Gasteiger partial charge >= 0.3 is 0 Å². The molecule has 0 saturated carbocycles. The first-order valence-corrected chi connectivity index (χ1v) is 7.32. The average molecular weight is 327 g/mol. The molecule has 0 atom stereocenters. The molecule has 4 nitrogen and oxygen atoms in total. The predicted molar refractivity (Wildman–Crippen MR) is 82.5 cm³/mol. The number of aryl methyl sites for hydroxylation is 2. The molecule has 0 bridgehead atoms. The standard InChI is InChI=1S/C15H16Cl2N2O2/c1-10-8-12(18-21-10)9-19(2)14(20)7-6-11-4-3-5-13(16)15(11)17/h3-5,8H,6-7,9H2,1-2H3. The molecule has 0 aliphatic rings. The summed E-state index contributed by atoms with van der Waals surface area (Å²) in [4.78, 5) is 13.7. The van der Waals surface area contributed by atoms with Crippen molar-refractivity contribution in [3.63, 3.8) is 0 Å². The average Bonchev–Trinajstić information content (AvgIpc) is 2.85. The van der Waals surface area contributed by atoms with Crippen molar-refractivity contribution in [2.75, 3.05) is 7.05 Å². The molecule has 6 heteroatoms. The van der Waals surface area contributed by atoms with Crippen molar-refractivity contribution in [3.05, 3.63) is 51.3 Å². The quantitative estimate of drug-likeness (QED) is 0.837. The molecule has 1 heterocycles. The molecule has 0 unspecified atom stereocenters. The molecular formula is C15H16Cl2N2O2. The highest BCUT2D eigenvalue weighted by molar-refractivity contribution is 6.42. The van der Waals surface area contributed by atoms with Crippen LogP contribution in [0.15, 0.2) is 28.8 Å².